The summed E-state index contributed by atoms with van der Waals surface area (Å²) in [4.78, 5) is 20.7. The van der Waals surface area contributed by atoms with Crippen molar-refractivity contribution in [2.75, 3.05) is 0 Å². The van der Waals surface area contributed by atoms with E-state index in [-0.39, 0.29) is 115 Å². The first kappa shape index (κ1) is 23.3. The molecule has 0 spiro atoms. The average Bonchev–Trinajstić information content (AvgIpc) is 1.94. The minimum absolute atomic E-state index is 0. The van der Waals surface area contributed by atoms with E-state index in [1.54, 1.807) is 0 Å². The Bertz CT molecular complexity index is 209. The molecule has 0 aliphatic rings. The van der Waals surface area contributed by atoms with Gasteiger partial charge in [0.15, 0.2) is 0 Å². The molecular weight excluding hydrogens is 262 g/mol. The zero-order chi connectivity index (χ0) is 11.4. The minimum atomic E-state index is -1.56. The van der Waals surface area contributed by atoms with Crippen LogP contribution in [0.25, 0.3) is 0 Å². The van der Waals surface area contributed by atoms with Crippen LogP contribution in [0.2, 0.25) is 0 Å². The molecule has 0 aliphatic heterocycles. The molecule has 0 aromatic carbocycles. The molecule has 0 aromatic heterocycles. The number of hydrogen-bond donors (Lipinski definition) is 0. The predicted octanol–water partition coefficient (Wildman–Crippen LogP) is -6.67. The molecule has 0 saturated carbocycles. The van der Waals surface area contributed by atoms with Crippen molar-refractivity contribution in [2.24, 2.45) is 11.3 Å². The largest absolute Gasteiger partial charge is 1.00 e. The Kier molecular flexibility index (Phi) is 16.1. The Balaban J connectivity index is -0.000000845. The number of hydrogen-bond acceptors (Lipinski definition) is 4. The van der Waals surface area contributed by atoms with Crippen LogP contribution >= 0.6 is 0 Å². The van der Waals surface area contributed by atoms with Crippen molar-refractivity contribution in [2.45, 2.75) is 40.0 Å². The monoisotopic (exact) mass is 278 g/mol. The second-order valence-electron chi connectivity index (χ2n) is 4.64. The molecule has 16 heavy (non-hydrogen) atoms. The summed E-state index contributed by atoms with van der Waals surface area (Å²) in [5, 5.41) is 20.7. The molecule has 0 aromatic rings. The van der Waals surface area contributed by atoms with E-state index in [1.807, 2.05) is 20.8 Å². The number of aliphatic carboxylic acids is 2. The molecule has 0 heterocycles. The third-order valence-electron chi connectivity index (χ3n) is 1.99. The van der Waals surface area contributed by atoms with Crippen molar-refractivity contribution >= 4 is 11.9 Å². The normalized spacial score (nSPS) is 10.2. The summed E-state index contributed by atoms with van der Waals surface area (Å²) in [5.41, 5.74) is 0.0857. The van der Waals surface area contributed by atoms with Gasteiger partial charge in [-0.25, -0.2) is 0 Å². The topological polar surface area (TPSA) is 80.3 Å². The van der Waals surface area contributed by atoms with Gasteiger partial charge in [-0.3, -0.25) is 0 Å². The van der Waals surface area contributed by atoms with Crippen LogP contribution in [0.1, 0.15) is 40.0 Å². The van der Waals surface area contributed by atoms with Gasteiger partial charge in [-0.1, -0.05) is 27.2 Å². The summed E-state index contributed by atoms with van der Waals surface area (Å²) in [5.74, 6) is -4.59. The maximum absolute atomic E-state index is 10.4. The molecule has 0 rings (SSSR count). The van der Waals surface area contributed by atoms with Crippen LogP contribution in [0.5, 0.6) is 0 Å². The number of carboxylic acid groups (broad SMARTS) is 2. The third kappa shape index (κ3) is 12.7. The van der Waals surface area contributed by atoms with Gasteiger partial charge < -0.3 is 19.8 Å². The standard InChI is InChI=1S/C10H18O4.2K/c1-10(2,3)6-4-5-7(8(11)12)9(13)14;;/h7H,4-6H2,1-3H3,(H,11,12)(H,13,14);;/q;2*+1/p-2. The molecule has 82 valence electrons. The molecule has 0 atom stereocenters. The molecule has 0 amide bonds. The molecule has 0 unspecified atom stereocenters. The first-order valence-corrected chi connectivity index (χ1v) is 4.66. The van der Waals surface area contributed by atoms with Gasteiger partial charge >= 0.3 is 103 Å². The first-order valence-electron chi connectivity index (χ1n) is 4.66. The van der Waals surface area contributed by atoms with Crippen molar-refractivity contribution in [1.82, 2.24) is 0 Å². The van der Waals surface area contributed by atoms with Crippen LogP contribution in [0.4, 0.5) is 0 Å². The maximum Gasteiger partial charge on any atom is 1.00 e. The van der Waals surface area contributed by atoms with E-state index in [1.165, 1.54) is 0 Å². The number of carbonyl (C=O) groups is 2. The zero-order valence-corrected chi connectivity index (χ0v) is 17.1. The Labute approximate surface area is 182 Å². The van der Waals surface area contributed by atoms with Crippen LogP contribution in [0.3, 0.4) is 0 Å². The molecule has 0 fully saturated rings. The van der Waals surface area contributed by atoms with E-state index in [0.29, 0.717) is 6.42 Å². The van der Waals surface area contributed by atoms with E-state index in [2.05, 4.69) is 0 Å². The van der Waals surface area contributed by atoms with Gasteiger partial charge in [-0.05, 0) is 18.3 Å². The van der Waals surface area contributed by atoms with E-state index < -0.39 is 17.9 Å². The molecule has 0 radical (unpaired) electrons. The van der Waals surface area contributed by atoms with Crippen LogP contribution in [0, 0.1) is 11.3 Å². The Morgan fingerprint density at radius 1 is 1.06 bits per heavy atom. The zero-order valence-electron chi connectivity index (χ0n) is 10.8. The Morgan fingerprint density at radius 3 is 1.69 bits per heavy atom. The second kappa shape index (κ2) is 11.1. The molecule has 4 nitrogen and oxygen atoms in total. The third-order valence-corrected chi connectivity index (χ3v) is 1.99. The van der Waals surface area contributed by atoms with Crippen molar-refractivity contribution in [3.63, 3.8) is 0 Å². The summed E-state index contributed by atoms with van der Waals surface area (Å²) < 4.78 is 0. The van der Waals surface area contributed by atoms with Gasteiger partial charge in [-0.2, -0.15) is 0 Å². The fraction of sp³-hybridized carbons (Fsp3) is 0.800. The molecule has 0 aliphatic carbocycles. The van der Waals surface area contributed by atoms with Gasteiger partial charge in [0.1, 0.15) is 0 Å². The van der Waals surface area contributed by atoms with Gasteiger partial charge in [0, 0.05) is 5.92 Å². The van der Waals surface area contributed by atoms with Crippen molar-refractivity contribution in [1.29, 1.82) is 0 Å². The van der Waals surface area contributed by atoms with Crippen LogP contribution in [-0.2, 0) is 9.59 Å². The molecule has 0 N–H and O–H groups in total. The summed E-state index contributed by atoms with van der Waals surface area (Å²) >= 11 is 0. The Morgan fingerprint density at radius 2 is 1.44 bits per heavy atom. The SMILES string of the molecule is CC(C)(C)CCCC(C(=O)[O-])C(=O)[O-].[K+].[K+]. The summed E-state index contributed by atoms with van der Waals surface area (Å²) in [6, 6.07) is 0. The quantitative estimate of drug-likeness (QED) is 0.370. The van der Waals surface area contributed by atoms with E-state index in [4.69, 9.17) is 0 Å². The van der Waals surface area contributed by atoms with Crippen LogP contribution in [-0.4, -0.2) is 11.9 Å². The number of carbonyl (C=O) groups excluding carboxylic acids is 2. The maximum atomic E-state index is 10.4. The van der Waals surface area contributed by atoms with Gasteiger partial charge in [-0.15, -0.1) is 0 Å². The first-order chi connectivity index (χ1) is 6.24. The second-order valence-corrected chi connectivity index (χ2v) is 4.64. The molecular formula is C10H16K2O4. The van der Waals surface area contributed by atoms with Crippen LogP contribution < -0.4 is 113 Å². The smallest absolute Gasteiger partial charge is 0.549 e. The van der Waals surface area contributed by atoms with E-state index in [0.717, 1.165) is 6.42 Å². The van der Waals surface area contributed by atoms with Crippen molar-refractivity contribution in [3.05, 3.63) is 0 Å². The number of carboxylic acids is 2. The van der Waals surface area contributed by atoms with E-state index in [9.17, 15) is 19.8 Å². The fourth-order valence-corrected chi connectivity index (χ4v) is 1.17. The number of rotatable bonds is 5. The minimum Gasteiger partial charge on any atom is -0.549 e. The van der Waals surface area contributed by atoms with Crippen molar-refractivity contribution < 1.29 is 123 Å². The summed E-state index contributed by atoms with van der Waals surface area (Å²) in [7, 11) is 0. The predicted molar refractivity (Wildman–Crippen MR) is 46.8 cm³/mol. The molecule has 0 saturated heterocycles. The fourth-order valence-electron chi connectivity index (χ4n) is 1.17. The molecule has 0 bridgehead atoms. The Hall–Kier alpha value is 2.21. The van der Waals surface area contributed by atoms with Gasteiger partial charge in [0.25, 0.3) is 0 Å². The van der Waals surface area contributed by atoms with E-state index >= 15 is 0 Å². The average molecular weight is 278 g/mol. The van der Waals surface area contributed by atoms with Gasteiger partial charge in [0.05, 0.1) is 11.9 Å². The molecule has 6 heteroatoms. The van der Waals surface area contributed by atoms with Gasteiger partial charge in [0.2, 0.25) is 0 Å². The van der Waals surface area contributed by atoms with Crippen molar-refractivity contribution in [3.8, 4) is 0 Å². The summed E-state index contributed by atoms with van der Waals surface area (Å²) in [6.45, 7) is 6.04. The van der Waals surface area contributed by atoms with Crippen LogP contribution in [0.15, 0.2) is 0 Å². The summed E-state index contributed by atoms with van der Waals surface area (Å²) in [6.07, 6.45) is 1.42.